The molecule has 2 aromatic heterocycles. The number of rotatable bonds is 3. The fraction of sp³-hybridized carbons (Fsp3) is 0.200. The zero-order valence-electron chi connectivity index (χ0n) is 11.6. The highest BCUT2D eigenvalue weighted by molar-refractivity contribution is 9.10. The highest BCUT2D eigenvalue weighted by atomic mass is 79.9. The van der Waals surface area contributed by atoms with E-state index in [4.69, 9.17) is 16.3 Å². The monoisotopic (exact) mass is 365 g/mol. The molecular weight excluding hydrogens is 354 g/mol. The van der Waals surface area contributed by atoms with Gasteiger partial charge in [0.05, 0.1) is 18.7 Å². The normalized spacial score (nSPS) is 11.0. The van der Waals surface area contributed by atoms with Crippen molar-refractivity contribution in [3.8, 4) is 11.4 Å². The molecule has 0 spiro atoms. The Balaban J connectivity index is 2.33. The summed E-state index contributed by atoms with van der Waals surface area (Å²) in [5, 5.41) is 0. The summed E-state index contributed by atoms with van der Waals surface area (Å²) in [5.74, 6) is 1.82. The molecule has 0 aliphatic heterocycles. The zero-order valence-corrected chi connectivity index (χ0v) is 13.9. The lowest BCUT2D eigenvalue weighted by molar-refractivity contribution is 0.414. The topological polar surface area (TPSA) is 39.9 Å². The summed E-state index contributed by atoms with van der Waals surface area (Å²) in [4.78, 5) is 9.07. The molecule has 6 heteroatoms. The molecule has 3 aromatic rings. The van der Waals surface area contributed by atoms with Crippen LogP contribution in [-0.4, -0.2) is 21.6 Å². The van der Waals surface area contributed by atoms with E-state index >= 15 is 0 Å². The van der Waals surface area contributed by atoms with Crippen LogP contribution < -0.4 is 4.74 Å². The lowest BCUT2D eigenvalue weighted by Crippen LogP contribution is -2.02. The molecule has 0 aliphatic carbocycles. The summed E-state index contributed by atoms with van der Waals surface area (Å²) in [6.07, 6.45) is 1.83. The maximum atomic E-state index is 6.06. The van der Waals surface area contributed by atoms with Gasteiger partial charge < -0.3 is 4.74 Å². The minimum absolute atomic E-state index is 0.305. The molecule has 0 atom stereocenters. The molecular formula is C15H13BrClN3O. The van der Waals surface area contributed by atoms with Gasteiger partial charge in [0.25, 0.3) is 0 Å². The summed E-state index contributed by atoms with van der Waals surface area (Å²) >= 11 is 9.63. The van der Waals surface area contributed by atoms with Gasteiger partial charge in [-0.25, -0.2) is 9.97 Å². The molecule has 0 bridgehead atoms. The Bertz CT molecular complexity index is 816. The highest BCUT2D eigenvalue weighted by Crippen LogP contribution is 2.30. The van der Waals surface area contributed by atoms with Crippen molar-refractivity contribution >= 4 is 38.7 Å². The number of fused-ring (bicyclic) bond motifs is 1. The molecule has 0 N–H and O–H groups in total. The number of nitrogens with zero attached hydrogens (tertiary/aromatic N) is 3. The number of methoxy groups -OCH3 is 1. The van der Waals surface area contributed by atoms with Crippen LogP contribution in [0.4, 0.5) is 0 Å². The maximum Gasteiger partial charge on any atom is 0.164 e. The van der Waals surface area contributed by atoms with Crippen LogP contribution in [0.3, 0.4) is 0 Å². The molecule has 2 heterocycles. The van der Waals surface area contributed by atoms with E-state index in [0.717, 1.165) is 38.5 Å². The second-order valence-electron chi connectivity index (χ2n) is 4.67. The Morgan fingerprint density at radius 2 is 2.14 bits per heavy atom. The molecule has 0 amide bonds. The van der Waals surface area contributed by atoms with E-state index in [1.54, 1.807) is 7.11 Å². The van der Waals surface area contributed by atoms with Gasteiger partial charge in [-0.3, -0.25) is 4.57 Å². The number of aryl methyl sites for hydroxylation is 1. The third-order valence-corrected chi connectivity index (χ3v) is 4.13. The van der Waals surface area contributed by atoms with Gasteiger partial charge in [0, 0.05) is 16.7 Å². The number of imidazole rings is 1. The average Bonchev–Trinajstić information content (AvgIpc) is 2.85. The molecule has 108 valence electrons. The first-order valence-electron chi connectivity index (χ1n) is 6.38. The van der Waals surface area contributed by atoms with E-state index in [1.165, 1.54) is 0 Å². The minimum atomic E-state index is 0.305. The number of pyridine rings is 1. The van der Waals surface area contributed by atoms with E-state index in [2.05, 4.69) is 25.9 Å². The maximum absolute atomic E-state index is 6.06. The minimum Gasteiger partial charge on any atom is -0.497 e. The van der Waals surface area contributed by atoms with Gasteiger partial charge >= 0.3 is 0 Å². The van der Waals surface area contributed by atoms with E-state index in [1.807, 2.05) is 42.0 Å². The number of hydrogen-bond donors (Lipinski definition) is 0. The van der Waals surface area contributed by atoms with Crippen LogP contribution in [0.5, 0.6) is 5.75 Å². The number of ether oxygens (including phenoxy) is 1. The molecule has 1 aromatic carbocycles. The molecule has 0 radical (unpaired) electrons. The molecule has 0 saturated heterocycles. The number of aromatic nitrogens is 3. The van der Waals surface area contributed by atoms with E-state index in [9.17, 15) is 0 Å². The van der Waals surface area contributed by atoms with Crippen molar-refractivity contribution < 1.29 is 4.74 Å². The Morgan fingerprint density at radius 1 is 1.33 bits per heavy atom. The number of alkyl halides is 1. The first kappa shape index (κ1) is 14.4. The van der Waals surface area contributed by atoms with Crippen molar-refractivity contribution in [2.45, 2.75) is 12.8 Å². The summed E-state index contributed by atoms with van der Waals surface area (Å²) in [6, 6.07) is 7.77. The Labute approximate surface area is 135 Å². The molecule has 0 saturated carbocycles. The third kappa shape index (κ3) is 2.51. The molecule has 0 aliphatic rings. The Hall–Kier alpha value is -1.59. The van der Waals surface area contributed by atoms with Crippen molar-refractivity contribution in [2.75, 3.05) is 7.11 Å². The number of hydrogen-bond acceptors (Lipinski definition) is 3. The van der Waals surface area contributed by atoms with Gasteiger partial charge in [-0.2, -0.15) is 0 Å². The summed E-state index contributed by atoms with van der Waals surface area (Å²) in [6.45, 7) is 1.99. The van der Waals surface area contributed by atoms with Crippen molar-refractivity contribution in [1.82, 2.24) is 14.5 Å². The van der Waals surface area contributed by atoms with Crippen LogP contribution in [0.2, 0.25) is 0 Å². The largest absolute Gasteiger partial charge is 0.497 e. The van der Waals surface area contributed by atoms with Gasteiger partial charge in [-0.1, -0.05) is 0 Å². The first-order chi connectivity index (χ1) is 10.1. The third-order valence-electron chi connectivity index (χ3n) is 3.22. The average molecular weight is 367 g/mol. The molecule has 21 heavy (non-hydrogen) atoms. The van der Waals surface area contributed by atoms with Crippen LogP contribution in [-0.2, 0) is 5.88 Å². The van der Waals surface area contributed by atoms with E-state index in [-0.39, 0.29) is 0 Å². The fourth-order valence-electron chi connectivity index (χ4n) is 2.25. The van der Waals surface area contributed by atoms with Crippen molar-refractivity contribution in [1.29, 1.82) is 0 Å². The second-order valence-corrected chi connectivity index (χ2v) is 5.79. The van der Waals surface area contributed by atoms with Gasteiger partial charge in [0.15, 0.2) is 5.65 Å². The van der Waals surface area contributed by atoms with E-state index in [0.29, 0.717) is 5.88 Å². The van der Waals surface area contributed by atoms with Crippen molar-refractivity contribution in [3.63, 3.8) is 0 Å². The molecule has 3 rings (SSSR count). The molecule has 4 nitrogen and oxygen atoms in total. The fourth-order valence-corrected chi connectivity index (χ4v) is 2.85. The smallest absolute Gasteiger partial charge is 0.164 e. The lowest BCUT2D eigenvalue weighted by atomic mass is 10.3. The van der Waals surface area contributed by atoms with Gasteiger partial charge in [-0.05, 0) is 46.6 Å². The Morgan fingerprint density at radius 3 is 2.86 bits per heavy atom. The van der Waals surface area contributed by atoms with Crippen LogP contribution in [0.1, 0.15) is 11.4 Å². The van der Waals surface area contributed by atoms with Crippen LogP contribution in [0.25, 0.3) is 16.9 Å². The summed E-state index contributed by atoms with van der Waals surface area (Å²) in [5.41, 5.74) is 3.59. The van der Waals surface area contributed by atoms with Gasteiger partial charge in [0.1, 0.15) is 17.1 Å². The lowest BCUT2D eigenvalue weighted by Gasteiger charge is -2.11. The van der Waals surface area contributed by atoms with Crippen LogP contribution >= 0.6 is 27.5 Å². The van der Waals surface area contributed by atoms with Crippen LogP contribution in [0, 0.1) is 6.92 Å². The number of halogens is 2. The predicted octanol–water partition coefficient (Wildman–Crippen LogP) is 4.24. The van der Waals surface area contributed by atoms with E-state index < -0.39 is 0 Å². The molecule has 0 fully saturated rings. The molecule has 0 unspecified atom stereocenters. The number of benzene rings is 1. The highest BCUT2D eigenvalue weighted by Gasteiger charge is 2.15. The first-order valence-corrected chi connectivity index (χ1v) is 7.70. The van der Waals surface area contributed by atoms with Crippen molar-refractivity contribution in [3.05, 3.63) is 46.3 Å². The SMILES string of the molecule is COc1ccc(Br)c(-n2c(CCl)nc3cc(C)cnc32)c1. The second kappa shape index (κ2) is 5.66. The standard InChI is InChI=1S/C15H13BrClN3O/c1-9-5-12-15(18-8-9)20(14(7-17)19-12)13-6-10(21-2)3-4-11(13)16/h3-6,8H,7H2,1-2H3. The van der Waals surface area contributed by atoms with Crippen LogP contribution in [0.15, 0.2) is 34.9 Å². The Kier molecular flexibility index (Phi) is 3.87. The summed E-state index contributed by atoms with van der Waals surface area (Å²) < 4.78 is 8.18. The van der Waals surface area contributed by atoms with Crippen molar-refractivity contribution in [2.24, 2.45) is 0 Å². The summed E-state index contributed by atoms with van der Waals surface area (Å²) in [7, 11) is 1.64. The van der Waals surface area contributed by atoms with Gasteiger partial charge in [0.2, 0.25) is 0 Å². The van der Waals surface area contributed by atoms with Gasteiger partial charge in [-0.15, -0.1) is 11.6 Å². The quantitative estimate of drug-likeness (QED) is 0.651. The predicted molar refractivity (Wildman–Crippen MR) is 87.4 cm³/mol. The zero-order chi connectivity index (χ0) is 15.0.